The molecule has 0 aliphatic rings. The summed E-state index contributed by atoms with van der Waals surface area (Å²) in [5.41, 5.74) is 9.09. The lowest BCUT2D eigenvalue weighted by Crippen LogP contribution is -2.27. The zero-order valence-corrected chi connectivity index (χ0v) is 34.7. The summed E-state index contributed by atoms with van der Waals surface area (Å²) in [7, 11) is 0. The summed E-state index contributed by atoms with van der Waals surface area (Å²) in [6.07, 6.45) is 21.9. The van der Waals surface area contributed by atoms with E-state index in [1.54, 1.807) is 19.1 Å². The summed E-state index contributed by atoms with van der Waals surface area (Å²) < 4.78 is 0. The van der Waals surface area contributed by atoms with Crippen molar-refractivity contribution in [1.82, 2.24) is 0 Å². The first-order valence-electron chi connectivity index (χ1n) is 20.1. The van der Waals surface area contributed by atoms with Gasteiger partial charge in [-0.1, -0.05) is 158 Å². The SMILES string of the molecule is C=C=C(C=C)[C@@H](CC)CCCCCCCCC[C@@H](C(=O)CCC[C@H](C(C)CCC)[C@H](C=C)C=O)C(C)C(C)=O.C=CCN.CC.CC.CC. The minimum atomic E-state index is -0.222. The van der Waals surface area contributed by atoms with Gasteiger partial charge in [0.25, 0.3) is 0 Å². The summed E-state index contributed by atoms with van der Waals surface area (Å²) in [6, 6.07) is 0. The highest BCUT2D eigenvalue weighted by Gasteiger charge is 2.28. The van der Waals surface area contributed by atoms with Crippen LogP contribution in [0, 0.1) is 35.5 Å². The van der Waals surface area contributed by atoms with E-state index in [1.807, 2.05) is 54.5 Å². The summed E-state index contributed by atoms with van der Waals surface area (Å²) >= 11 is 0. The maximum absolute atomic E-state index is 13.2. The van der Waals surface area contributed by atoms with Gasteiger partial charge in [-0.3, -0.25) is 9.59 Å². The Bertz CT molecular complexity index is 830. The Morgan fingerprint density at radius 2 is 1.27 bits per heavy atom. The molecule has 0 amide bonds. The van der Waals surface area contributed by atoms with Crippen molar-refractivity contribution in [3.8, 4) is 0 Å². The first-order chi connectivity index (χ1) is 23.6. The molecule has 4 heteroatoms. The molecule has 0 spiro atoms. The van der Waals surface area contributed by atoms with E-state index in [9.17, 15) is 14.4 Å². The van der Waals surface area contributed by atoms with Gasteiger partial charge in [0.2, 0.25) is 0 Å². The summed E-state index contributed by atoms with van der Waals surface area (Å²) in [5.74, 6) is 0.939. The van der Waals surface area contributed by atoms with Gasteiger partial charge >= 0.3 is 0 Å². The van der Waals surface area contributed by atoms with E-state index < -0.39 is 0 Å². The fourth-order valence-corrected chi connectivity index (χ4v) is 6.13. The van der Waals surface area contributed by atoms with Gasteiger partial charge in [-0.05, 0) is 62.4 Å². The number of unbranched alkanes of at least 4 members (excludes halogenated alkanes) is 6. The van der Waals surface area contributed by atoms with Crippen molar-refractivity contribution in [2.24, 2.45) is 41.2 Å². The van der Waals surface area contributed by atoms with Crippen LogP contribution in [0.5, 0.6) is 0 Å². The fourth-order valence-electron chi connectivity index (χ4n) is 6.13. The molecule has 0 heterocycles. The average Bonchev–Trinajstić information content (AvgIpc) is 3.14. The van der Waals surface area contributed by atoms with Crippen LogP contribution in [0.15, 0.2) is 55.8 Å². The minimum Gasteiger partial charge on any atom is -0.327 e. The van der Waals surface area contributed by atoms with Crippen molar-refractivity contribution in [1.29, 1.82) is 0 Å². The molecule has 0 aromatic rings. The third-order valence-electron chi connectivity index (χ3n) is 9.11. The van der Waals surface area contributed by atoms with Gasteiger partial charge in [0, 0.05) is 30.7 Å². The Kier molecular flexibility index (Phi) is 50.1. The number of nitrogens with two attached hydrogens (primary N) is 1. The molecule has 2 N–H and O–H groups in total. The molecule has 0 saturated heterocycles. The van der Waals surface area contributed by atoms with E-state index in [2.05, 4.69) is 52.8 Å². The number of allylic oxidation sites excluding steroid dienone is 3. The third kappa shape index (κ3) is 30.3. The van der Waals surface area contributed by atoms with Gasteiger partial charge in [0.05, 0.1) is 0 Å². The first kappa shape index (κ1) is 56.1. The smallest absolute Gasteiger partial charge is 0.136 e. The number of hydrogen-bond donors (Lipinski definition) is 1. The number of carbonyl (C=O) groups excluding carboxylic acids is 3. The Labute approximate surface area is 307 Å². The molecule has 288 valence electrons. The Balaban J connectivity index is -0.000000576. The van der Waals surface area contributed by atoms with Gasteiger partial charge in [0.1, 0.15) is 17.9 Å². The lowest BCUT2D eigenvalue weighted by atomic mass is 9.76. The van der Waals surface area contributed by atoms with Crippen molar-refractivity contribution >= 4 is 17.9 Å². The molecule has 0 fully saturated rings. The van der Waals surface area contributed by atoms with Crippen LogP contribution < -0.4 is 5.73 Å². The maximum Gasteiger partial charge on any atom is 0.136 e. The minimum absolute atomic E-state index is 0.103. The quantitative estimate of drug-likeness (QED) is 0.0306. The van der Waals surface area contributed by atoms with Gasteiger partial charge in [-0.25, -0.2) is 0 Å². The molecular formula is C45H85NO3. The monoisotopic (exact) mass is 688 g/mol. The Morgan fingerprint density at radius 1 is 0.776 bits per heavy atom. The van der Waals surface area contributed by atoms with Crippen molar-refractivity contribution in [3.63, 3.8) is 0 Å². The zero-order valence-electron chi connectivity index (χ0n) is 34.7. The zero-order chi connectivity index (χ0) is 39.0. The second-order valence-corrected chi connectivity index (χ2v) is 12.3. The molecule has 0 rings (SSSR count). The summed E-state index contributed by atoms with van der Waals surface area (Å²) in [6.45, 7) is 37.6. The number of carbonyl (C=O) groups is 3. The fraction of sp³-hybridized carbons (Fsp3) is 0.733. The second kappa shape index (κ2) is 43.7. The molecule has 0 bridgehead atoms. The maximum atomic E-state index is 13.2. The molecule has 0 aliphatic heterocycles. The van der Waals surface area contributed by atoms with Gasteiger partial charge in [-0.15, -0.1) is 18.9 Å². The molecular weight excluding hydrogens is 602 g/mol. The highest BCUT2D eigenvalue weighted by atomic mass is 16.1. The molecule has 0 aliphatic carbocycles. The number of ketones is 2. The number of hydrogen-bond acceptors (Lipinski definition) is 4. The molecule has 4 nitrogen and oxygen atoms in total. The van der Waals surface area contributed by atoms with Crippen LogP contribution in [0.3, 0.4) is 0 Å². The van der Waals surface area contributed by atoms with Gasteiger partial charge in [0.15, 0.2) is 0 Å². The second-order valence-electron chi connectivity index (χ2n) is 12.3. The van der Waals surface area contributed by atoms with E-state index in [0.29, 0.717) is 24.8 Å². The van der Waals surface area contributed by atoms with Crippen LogP contribution in [0.1, 0.15) is 172 Å². The predicted octanol–water partition coefficient (Wildman–Crippen LogP) is 13.3. The van der Waals surface area contributed by atoms with Gasteiger partial charge < -0.3 is 10.5 Å². The van der Waals surface area contributed by atoms with Crippen molar-refractivity contribution < 1.29 is 14.4 Å². The number of Topliss-reactive ketones (excluding diaryl/α,β-unsaturated/α-hetero) is 2. The molecule has 49 heavy (non-hydrogen) atoms. The summed E-state index contributed by atoms with van der Waals surface area (Å²) in [4.78, 5) is 37.0. The van der Waals surface area contributed by atoms with E-state index in [4.69, 9.17) is 5.73 Å². The molecule has 0 aromatic carbocycles. The first-order valence-corrected chi connectivity index (χ1v) is 20.1. The molecule has 0 aromatic heterocycles. The molecule has 6 atom stereocenters. The highest BCUT2D eigenvalue weighted by molar-refractivity contribution is 5.88. The van der Waals surface area contributed by atoms with E-state index in [0.717, 1.165) is 63.2 Å². The van der Waals surface area contributed by atoms with Crippen LogP contribution in [0.4, 0.5) is 0 Å². The molecule has 0 radical (unpaired) electrons. The van der Waals surface area contributed by atoms with Crippen molar-refractivity contribution in [2.45, 2.75) is 172 Å². The van der Waals surface area contributed by atoms with Crippen molar-refractivity contribution in [2.75, 3.05) is 6.54 Å². The number of rotatable bonds is 27. The van der Waals surface area contributed by atoms with Crippen LogP contribution in [-0.4, -0.2) is 24.4 Å². The Hall–Kier alpha value is -2.29. The summed E-state index contributed by atoms with van der Waals surface area (Å²) in [5, 5.41) is 0. The average molecular weight is 688 g/mol. The lowest BCUT2D eigenvalue weighted by molar-refractivity contribution is -0.131. The van der Waals surface area contributed by atoms with E-state index in [1.165, 1.54) is 38.5 Å². The van der Waals surface area contributed by atoms with Crippen LogP contribution >= 0.6 is 0 Å². The predicted molar refractivity (Wildman–Crippen MR) is 221 cm³/mol. The molecule has 2 unspecified atom stereocenters. The van der Waals surface area contributed by atoms with Crippen LogP contribution in [-0.2, 0) is 14.4 Å². The van der Waals surface area contributed by atoms with Gasteiger partial charge in [-0.2, -0.15) is 0 Å². The Morgan fingerprint density at radius 3 is 1.63 bits per heavy atom. The highest BCUT2D eigenvalue weighted by Crippen LogP contribution is 2.31. The standard InChI is InChI=1S/C36H60O3.C3H7N.3C2H6/c1-9-22-28(6)34(33(13-5)27-37)25-21-26-36(39)35(29(7)30(8)38)24-20-18-16-14-15-17-19-23-32(12-4)31(10-2)11-3;1-2-3-4;3*1-2/h10,13,27-29,32-35H,2-3,5,9,12,14-26H2,1,4,6-8H3;2H,1,3-4H2;3*1-2H3/t28?,29?,32-,33+,34+,35+;;;;/m0..../s1. The van der Waals surface area contributed by atoms with Crippen LogP contribution in [0.25, 0.3) is 0 Å². The van der Waals surface area contributed by atoms with E-state index in [-0.39, 0.29) is 35.2 Å². The van der Waals surface area contributed by atoms with E-state index >= 15 is 0 Å². The largest absolute Gasteiger partial charge is 0.327 e. The number of aldehydes is 1. The molecule has 0 saturated carbocycles. The third-order valence-corrected chi connectivity index (χ3v) is 9.11. The topological polar surface area (TPSA) is 77.2 Å². The normalized spacial score (nSPS) is 13.4. The van der Waals surface area contributed by atoms with Crippen LogP contribution in [0.2, 0.25) is 0 Å². The van der Waals surface area contributed by atoms with Crippen molar-refractivity contribution in [3.05, 3.63) is 55.8 Å². The lowest BCUT2D eigenvalue weighted by Gasteiger charge is -2.27.